The summed E-state index contributed by atoms with van der Waals surface area (Å²) < 4.78 is 7.56. The van der Waals surface area contributed by atoms with Gasteiger partial charge in [0.1, 0.15) is 11.4 Å². The zero-order valence-electron chi connectivity index (χ0n) is 11.3. The molecule has 0 spiro atoms. The Morgan fingerprint density at radius 2 is 2.16 bits per heavy atom. The second-order valence-electron chi connectivity index (χ2n) is 4.31. The van der Waals surface area contributed by atoms with Crippen molar-refractivity contribution in [1.29, 1.82) is 5.26 Å². The maximum atomic E-state index is 8.93. The van der Waals surface area contributed by atoms with Crippen LogP contribution in [0.25, 0.3) is 0 Å². The molecular formula is C14H16N4O. The summed E-state index contributed by atoms with van der Waals surface area (Å²) in [5.41, 5.74) is 8.75. The summed E-state index contributed by atoms with van der Waals surface area (Å²) in [6.07, 6.45) is 0. The number of nitriles is 1. The zero-order chi connectivity index (χ0) is 14.0. The number of nitrogens with two attached hydrogens (primary N) is 1. The van der Waals surface area contributed by atoms with Crippen molar-refractivity contribution in [3.63, 3.8) is 0 Å². The van der Waals surface area contributed by atoms with Crippen LogP contribution < -0.4 is 10.5 Å². The van der Waals surface area contributed by atoms with E-state index in [0.29, 0.717) is 29.4 Å². The molecule has 0 aliphatic carbocycles. The van der Waals surface area contributed by atoms with E-state index < -0.39 is 0 Å². The number of ether oxygens (including phenoxy) is 1. The van der Waals surface area contributed by atoms with Gasteiger partial charge in [-0.3, -0.25) is 0 Å². The fourth-order valence-electron chi connectivity index (χ4n) is 1.78. The van der Waals surface area contributed by atoms with E-state index >= 15 is 0 Å². The zero-order valence-corrected chi connectivity index (χ0v) is 11.3. The highest BCUT2D eigenvalue weighted by Gasteiger charge is 2.15. The predicted molar refractivity (Wildman–Crippen MR) is 73.0 cm³/mol. The lowest BCUT2D eigenvalue weighted by Crippen LogP contribution is -2.01. The summed E-state index contributed by atoms with van der Waals surface area (Å²) in [7, 11) is 0. The molecule has 0 atom stereocenters. The van der Waals surface area contributed by atoms with Gasteiger partial charge in [0.25, 0.3) is 0 Å². The Bertz CT molecular complexity index is 652. The van der Waals surface area contributed by atoms with Crippen LogP contribution in [0.4, 0.5) is 5.69 Å². The van der Waals surface area contributed by atoms with E-state index in [4.69, 9.17) is 15.7 Å². The van der Waals surface area contributed by atoms with Gasteiger partial charge in [0, 0.05) is 6.54 Å². The van der Waals surface area contributed by atoms with E-state index in [2.05, 4.69) is 11.2 Å². The lowest BCUT2D eigenvalue weighted by Gasteiger charge is -2.10. The van der Waals surface area contributed by atoms with Crippen molar-refractivity contribution >= 4 is 5.69 Å². The Kier molecular flexibility index (Phi) is 3.43. The number of rotatable bonds is 3. The molecule has 1 aromatic carbocycles. The van der Waals surface area contributed by atoms with E-state index in [1.807, 2.05) is 26.8 Å². The van der Waals surface area contributed by atoms with Gasteiger partial charge >= 0.3 is 0 Å². The quantitative estimate of drug-likeness (QED) is 0.916. The molecular weight excluding hydrogens is 240 g/mol. The molecule has 1 heterocycles. The van der Waals surface area contributed by atoms with E-state index in [1.165, 1.54) is 0 Å². The summed E-state index contributed by atoms with van der Waals surface area (Å²) >= 11 is 0. The molecule has 98 valence electrons. The monoisotopic (exact) mass is 256 g/mol. The molecule has 19 heavy (non-hydrogen) atoms. The fourth-order valence-corrected chi connectivity index (χ4v) is 1.78. The van der Waals surface area contributed by atoms with Crippen molar-refractivity contribution < 1.29 is 4.74 Å². The highest BCUT2D eigenvalue weighted by molar-refractivity contribution is 5.55. The summed E-state index contributed by atoms with van der Waals surface area (Å²) in [5, 5.41) is 13.2. The van der Waals surface area contributed by atoms with Gasteiger partial charge in [-0.2, -0.15) is 10.4 Å². The third-order valence-corrected chi connectivity index (χ3v) is 2.95. The van der Waals surface area contributed by atoms with Crippen LogP contribution in [0.3, 0.4) is 0 Å². The first kappa shape index (κ1) is 13.0. The summed E-state index contributed by atoms with van der Waals surface area (Å²) in [4.78, 5) is 0. The Labute approximate surface area is 112 Å². The van der Waals surface area contributed by atoms with Gasteiger partial charge in [0.15, 0.2) is 0 Å². The van der Waals surface area contributed by atoms with Gasteiger partial charge in [0.2, 0.25) is 5.88 Å². The first-order valence-electron chi connectivity index (χ1n) is 6.08. The summed E-state index contributed by atoms with van der Waals surface area (Å²) in [5.74, 6) is 1.15. The van der Waals surface area contributed by atoms with E-state index in [0.717, 1.165) is 11.3 Å². The second kappa shape index (κ2) is 5.02. The molecule has 0 aliphatic heterocycles. The molecule has 2 N–H and O–H groups in total. The van der Waals surface area contributed by atoms with Crippen molar-refractivity contribution in [3.05, 3.63) is 35.0 Å². The molecule has 0 bridgehead atoms. The Balaban J connectivity index is 2.44. The van der Waals surface area contributed by atoms with Crippen LogP contribution in [0.5, 0.6) is 11.6 Å². The third kappa shape index (κ3) is 2.38. The molecule has 0 amide bonds. The number of aromatic nitrogens is 2. The van der Waals surface area contributed by atoms with Crippen LogP contribution in [0, 0.1) is 25.2 Å². The van der Waals surface area contributed by atoms with Gasteiger partial charge in [-0.15, -0.1) is 0 Å². The molecule has 0 radical (unpaired) electrons. The third-order valence-electron chi connectivity index (χ3n) is 2.95. The van der Waals surface area contributed by atoms with Crippen LogP contribution >= 0.6 is 0 Å². The molecule has 0 fully saturated rings. The molecule has 2 rings (SSSR count). The number of nitrogens with zero attached hydrogens (tertiary/aromatic N) is 3. The number of nitrogen functional groups attached to an aromatic ring is 1. The lowest BCUT2D eigenvalue weighted by molar-refractivity contribution is 0.416. The minimum absolute atomic E-state index is 0.526. The number of benzene rings is 1. The van der Waals surface area contributed by atoms with Crippen molar-refractivity contribution in [2.24, 2.45) is 0 Å². The van der Waals surface area contributed by atoms with Crippen LogP contribution in [-0.4, -0.2) is 9.78 Å². The van der Waals surface area contributed by atoms with Gasteiger partial charge < -0.3 is 10.5 Å². The number of anilines is 1. The molecule has 0 aliphatic rings. The largest absolute Gasteiger partial charge is 0.437 e. The molecule has 5 heteroatoms. The minimum atomic E-state index is 0.526. The fraction of sp³-hybridized carbons (Fsp3) is 0.286. The van der Waals surface area contributed by atoms with Crippen LogP contribution in [-0.2, 0) is 6.54 Å². The second-order valence-corrected chi connectivity index (χ2v) is 4.31. The SMILES string of the molecule is CCn1nc(C)c(N)c1Oc1cc(C#N)ccc1C. The average Bonchev–Trinajstić information content (AvgIpc) is 2.68. The molecule has 2 aromatic rings. The van der Waals surface area contributed by atoms with E-state index in [1.54, 1.807) is 16.8 Å². The topological polar surface area (TPSA) is 76.9 Å². The van der Waals surface area contributed by atoms with E-state index in [-0.39, 0.29) is 0 Å². The predicted octanol–water partition coefficient (Wildman–Crippen LogP) is 2.77. The average molecular weight is 256 g/mol. The summed E-state index contributed by atoms with van der Waals surface area (Å²) in [6, 6.07) is 7.41. The number of hydrogen-bond acceptors (Lipinski definition) is 4. The standard InChI is InChI=1S/C14H16N4O/c1-4-18-14(13(16)10(3)17-18)19-12-7-11(8-15)6-5-9(12)2/h5-7H,4,16H2,1-3H3. The first-order chi connectivity index (χ1) is 9.06. The highest BCUT2D eigenvalue weighted by Crippen LogP contribution is 2.32. The normalized spacial score (nSPS) is 10.2. The Morgan fingerprint density at radius 1 is 1.42 bits per heavy atom. The number of hydrogen-bond donors (Lipinski definition) is 1. The Hall–Kier alpha value is -2.48. The maximum absolute atomic E-state index is 8.93. The molecule has 5 nitrogen and oxygen atoms in total. The molecule has 1 aromatic heterocycles. The minimum Gasteiger partial charge on any atom is -0.437 e. The van der Waals surface area contributed by atoms with Crippen molar-refractivity contribution in [3.8, 4) is 17.7 Å². The first-order valence-corrected chi connectivity index (χ1v) is 6.08. The summed E-state index contributed by atoms with van der Waals surface area (Å²) in [6.45, 7) is 6.40. The molecule has 0 saturated carbocycles. The highest BCUT2D eigenvalue weighted by atomic mass is 16.5. The van der Waals surface area contributed by atoms with Gasteiger partial charge in [-0.25, -0.2) is 4.68 Å². The van der Waals surface area contributed by atoms with Crippen LogP contribution in [0.2, 0.25) is 0 Å². The molecule has 0 unspecified atom stereocenters. The van der Waals surface area contributed by atoms with Gasteiger partial charge in [-0.05, 0) is 38.5 Å². The van der Waals surface area contributed by atoms with E-state index in [9.17, 15) is 0 Å². The van der Waals surface area contributed by atoms with Gasteiger partial charge in [0.05, 0.1) is 17.3 Å². The Morgan fingerprint density at radius 3 is 2.79 bits per heavy atom. The van der Waals surface area contributed by atoms with Gasteiger partial charge in [-0.1, -0.05) is 6.07 Å². The van der Waals surface area contributed by atoms with Crippen molar-refractivity contribution in [2.45, 2.75) is 27.3 Å². The van der Waals surface area contributed by atoms with Crippen LogP contribution in [0.15, 0.2) is 18.2 Å². The smallest absolute Gasteiger partial charge is 0.241 e. The maximum Gasteiger partial charge on any atom is 0.241 e. The lowest BCUT2D eigenvalue weighted by atomic mass is 10.1. The van der Waals surface area contributed by atoms with Crippen LogP contribution in [0.1, 0.15) is 23.7 Å². The number of aryl methyl sites for hydroxylation is 3. The van der Waals surface area contributed by atoms with Crippen molar-refractivity contribution in [1.82, 2.24) is 9.78 Å². The van der Waals surface area contributed by atoms with Crippen molar-refractivity contribution in [2.75, 3.05) is 5.73 Å². The molecule has 0 saturated heterocycles.